The van der Waals surface area contributed by atoms with Crippen molar-refractivity contribution in [3.63, 3.8) is 0 Å². The van der Waals surface area contributed by atoms with Gasteiger partial charge in [-0.2, -0.15) is 0 Å². The van der Waals surface area contributed by atoms with Crippen molar-refractivity contribution in [1.29, 1.82) is 0 Å². The van der Waals surface area contributed by atoms with Crippen molar-refractivity contribution in [3.05, 3.63) is 41.6 Å². The first-order valence-electron chi connectivity index (χ1n) is 8.69. The molecular formula is C21H21N2O+. The van der Waals surface area contributed by atoms with Gasteiger partial charge in [-0.3, -0.25) is 4.98 Å². The summed E-state index contributed by atoms with van der Waals surface area (Å²) in [6.45, 7) is 8.92. The molecule has 24 heavy (non-hydrogen) atoms. The van der Waals surface area contributed by atoms with Gasteiger partial charge in [0, 0.05) is 30.7 Å². The highest BCUT2D eigenvalue weighted by Gasteiger charge is 2.61. The Bertz CT molecular complexity index is 1080. The first kappa shape index (κ1) is 14.0. The number of hydrogen-bond donors (Lipinski definition) is 0. The van der Waals surface area contributed by atoms with E-state index < -0.39 is 0 Å². The van der Waals surface area contributed by atoms with Crippen LogP contribution >= 0.6 is 0 Å². The summed E-state index contributed by atoms with van der Waals surface area (Å²) < 4.78 is 8.67. The van der Waals surface area contributed by atoms with Crippen LogP contribution in [0.3, 0.4) is 0 Å². The number of aryl methyl sites for hydroxylation is 2. The van der Waals surface area contributed by atoms with Crippen molar-refractivity contribution >= 4 is 33.6 Å². The molecule has 1 saturated carbocycles. The van der Waals surface area contributed by atoms with Gasteiger partial charge in [0.15, 0.2) is 17.0 Å². The Morgan fingerprint density at radius 1 is 1.21 bits per heavy atom. The Hall–Kier alpha value is -2.38. The van der Waals surface area contributed by atoms with Gasteiger partial charge in [-0.25, -0.2) is 0 Å². The Balaban J connectivity index is 1.86. The first-order chi connectivity index (χ1) is 11.5. The van der Waals surface area contributed by atoms with Crippen molar-refractivity contribution in [1.82, 2.24) is 4.98 Å². The first-order valence-corrected chi connectivity index (χ1v) is 8.69. The summed E-state index contributed by atoms with van der Waals surface area (Å²) in [5, 5.41) is 1.09. The highest BCUT2D eigenvalue weighted by molar-refractivity contribution is 6.06. The maximum absolute atomic E-state index is 6.34. The molecule has 3 atom stereocenters. The molecule has 120 valence electrons. The van der Waals surface area contributed by atoms with Crippen molar-refractivity contribution in [2.24, 2.45) is 11.8 Å². The van der Waals surface area contributed by atoms with E-state index in [1.54, 1.807) is 0 Å². The highest BCUT2D eigenvalue weighted by atomic mass is 16.3. The van der Waals surface area contributed by atoms with Gasteiger partial charge in [-0.15, -0.1) is 4.58 Å². The smallest absolute Gasteiger partial charge is 0.261 e. The van der Waals surface area contributed by atoms with Crippen LogP contribution in [0.4, 0.5) is 5.69 Å². The lowest BCUT2D eigenvalue weighted by molar-refractivity contribution is -0.557. The average molecular weight is 317 g/mol. The van der Waals surface area contributed by atoms with Gasteiger partial charge in [0.1, 0.15) is 5.52 Å². The molecule has 1 aliphatic heterocycles. The van der Waals surface area contributed by atoms with Crippen LogP contribution in [0.25, 0.3) is 22.1 Å². The minimum absolute atomic E-state index is 0.112. The van der Waals surface area contributed by atoms with Crippen LogP contribution in [0, 0.1) is 25.7 Å². The van der Waals surface area contributed by atoms with Crippen molar-refractivity contribution < 1.29 is 8.99 Å². The van der Waals surface area contributed by atoms with E-state index in [0.29, 0.717) is 11.8 Å². The van der Waals surface area contributed by atoms with Crippen molar-refractivity contribution in [2.75, 3.05) is 0 Å². The van der Waals surface area contributed by atoms with Gasteiger partial charge in [-0.05, 0) is 38.0 Å². The van der Waals surface area contributed by atoms with Crippen molar-refractivity contribution in [2.45, 2.75) is 39.7 Å². The number of rotatable bonds is 1. The number of nitrogens with zero attached hydrogens (tertiary/aromatic N) is 2. The summed E-state index contributed by atoms with van der Waals surface area (Å²) in [5.41, 5.74) is 6.40. The summed E-state index contributed by atoms with van der Waals surface area (Å²) >= 11 is 0. The van der Waals surface area contributed by atoms with Crippen LogP contribution in [-0.2, 0) is 0 Å². The molecule has 0 bridgehead atoms. The van der Waals surface area contributed by atoms with E-state index in [4.69, 9.17) is 4.42 Å². The van der Waals surface area contributed by atoms with Gasteiger partial charge in [0.2, 0.25) is 5.58 Å². The van der Waals surface area contributed by atoms with E-state index in [1.165, 1.54) is 12.0 Å². The second-order valence-corrected chi connectivity index (χ2v) is 7.62. The fourth-order valence-electron chi connectivity index (χ4n) is 4.50. The van der Waals surface area contributed by atoms with Gasteiger partial charge < -0.3 is 4.42 Å². The zero-order valence-electron chi connectivity index (χ0n) is 14.6. The maximum Gasteiger partial charge on any atom is 0.261 e. The SMILES string of the molecule is Cc1ccc2c(oc3c(C)ccnc32)c1[N+]1=C=CC2CC(C)C21C. The number of furan rings is 1. The minimum atomic E-state index is 0.112. The topological polar surface area (TPSA) is 29.0 Å². The zero-order valence-corrected chi connectivity index (χ0v) is 14.6. The van der Waals surface area contributed by atoms with Crippen molar-refractivity contribution in [3.8, 4) is 0 Å². The van der Waals surface area contributed by atoms with E-state index in [1.807, 2.05) is 12.3 Å². The second kappa shape index (κ2) is 4.37. The van der Waals surface area contributed by atoms with Gasteiger partial charge >= 0.3 is 0 Å². The summed E-state index contributed by atoms with van der Waals surface area (Å²) in [6.07, 6.45) is 5.35. The molecule has 3 nitrogen and oxygen atoms in total. The van der Waals surface area contributed by atoms with E-state index in [9.17, 15) is 0 Å². The molecule has 1 aliphatic carbocycles. The fourth-order valence-corrected chi connectivity index (χ4v) is 4.50. The predicted octanol–water partition coefficient (Wildman–Crippen LogP) is 4.90. The third kappa shape index (κ3) is 1.49. The van der Waals surface area contributed by atoms with Gasteiger partial charge in [-0.1, -0.05) is 13.0 Å². The van der Waals surface area contributed by atoms with Gasteiger partial charge in [0.25, 0.3) is 5.69 Å². The Morgan fingerprint density at radius 2 is 2.04 bits per heavy atom. The van der Waals surface area contributed by atoms with E-state index in [0.717, 1.165) is 33.3 Å². The molecule has 0 radical (unpaired) electrons. The number of aromatic nitrogens is 1. The molecule has 1 aromatic carbocycles. The molecule has 5 rings (SSSR count). The summed E-state index contributed by atoms with van der Waals surface area (Å²) in [6, 6.07) is 6.32. The average Bonchev–Trinajstić information content (AvgIpc) is 3.06. The van der Waals surface area contributed by atoms with E-state index >= 15 is 0 Å². The largest absolute Gasteiger partial charge is 0.447 e. The lowest BCUT2D eigenvalue weighted by Gasteiger charge is -2.43. The van der Waals surface area contributed by atoms with E-state index in [2.05, 4.69) is 61.3 Å². The molecule has 3 aromatic rings. The molecule has 2 aromatic heterocycles. The second-order valence-electron chi connectivity index (χ2n) is 7.62. The number of hydrogen-bond acceptors (Lipinski definition) is 2. The summed E-state index contributed by atoms with van der Waals surface area (Å²) in [7, 11) is 0. The molecule has 1 fully saturated rings. The molecule has 2 aliphatic rings. The van der Waals surface area contributed by atoms with Crippen LogP contribution in [0.5, 0.6) is 0 Å². The minimum Gasteiger partial charge on any atom is -0.447 e. The zero-order chi connectivity index (χ0) is 16.6. The number of benzene rings is 1. The van der Waals surface area contributed by atoms with Crippen LogP contribution in [0.1, 0.15) is 31.4 Å². The van der Waals surface area contributed by atoms with Crippen LogP contribution in [0.2, 0.25) is 0 Å². The Kier molecular flexibility index (Phi) is 2.55. The third-order valence-corrected chi connectivity index (χ3v) is 6.36. The lowest BCUT2D eigenvalue weighted by atomic mass is 9.61. The molecule has 0 amide bonds. The summed E-state index contributed by atoms with van der Waals surface area (Å²) in [4.78, 5) is 4.57. The normalized spacial score (nSPS) is 28.2. The molecule has 0 N–H and O–H groups in total. The highest BCUT2D eigenvalue weighted by Crippen LogP contribution is 2.52. The molecule has 3 heteroatoms. The maximum atomic E-state index is 6.34. The van der Waals surface area contributed by atoms with Crippen LogP contribution in [-0.4, -0.2) is 21.0 Å². The van der Waals surface area contributed by atoms with Gasteiger partial charge in [0.05, 0.1) is 11.3 Å². The molecule has 0 saturated heterocycles. The van der Waals surface area contributed by atoms with E-state index in [-0.39, 0.29) is 5.54 Å². The molecule has 0 spiro atoms. The Morgan fingerprint density at radius 3 is 2.83 bits per heavy atom. The molecule has 3 unspecified atom stereocenters. The molecular weight excluding hydrogens is 296 g/mol. The fraction of sp³-hybridized carbons (Fsp3) is 0.381. The van der Waals surface area contributed by atoms with Crippen LogP contribution in [0.15, 0.2) is 34.9 Å². The number of pyridine rings is 1. The molecule has 3 heterocycles. The quantitative estimate of drug-likeness (QED) is 0.598. The van der Waals surface area contributed by atoms with Crippen LogP contribution < -0.4 is 0 Å². The standard InChI is InChI=1S/C21H21N2O/c1-12-5-6-16-17-19(13(2)7-9-22-17)24-20(16)18(12)23-10-8-15-11-14(3)21(15,23)4/h5-9,14-15H,11H2,1-4H3/q+1. The third-order valence-electron chi connectivity index (χ3n) is 6.36. The lowest BCUT2D eigenvalue weighted by Crippen LogP contribution is -2.55. The monoisotopic (exact) mass is 317 g/mol. The summed E-state index contributed by atoms with van der Waals surface area (Å²) in [5.74, 6) is 4.76. The Labute approximate surface area is 141 Å². The predicted molar refractivity (Wildman–Crippen MR) is 96.2 cm³/mol. The number of fused-ring (bicyclic) bond motifs is 4.